The van der Waals surface area contributed by atoms with E-state index in [4.69, 9.17) is 5.10 Å². The Morgan fingerprint density at radius 1 is 1.07 bits per heavy atom. The molecule has 0 saturated carbocycles. The van der Waals surface area contributed by atoms with Gasteiger partial charge in [0.05, 0.1) is 10.6 Å². The Kier molecular flexibility index (Phi) is 5.18. The monoisotopic (exact) mass is 378 g/mol. The van der Waals surface area contributed by atoms with Gasteiger partial charge in [0.2, 0.25) is 5.91 Å². The first-order chi connectivity index (χ1) is 13.2. The molecule has 1 saturated heterocycles. The molecule has 0 N–H and O–H groups in total. The molecule has 2 aromatic heterocycles. The minimum Gasteiger partial charge on any atom is -0.337 e. The van der Waals surface area contributed by atoms with Gasteiger partial charge < -0.3 is 9.80 Å². The van der Waals surface area contributed by atoms with Gasteiger partial charge in [-0.3, -0.25) is 4.79 Å². The number of amides is 1. The van der Waals surface area contributed by atoms with Crippen molar-refractivity contribution in [2.75, 3.05) is 33.2 Å². The molecule has 0 atom stereocenters. The van der Waals surface area contributed by atoms with Crippen LogP contribution in [0.2, 0.25) is 0 Å². The minimum atomic E-state index is 0.0627. The van der Waals surface area contributed by atoms with Crippen molar-refractivity contribution >= 4 is 23.3 Å². The molecule has 138 valence electrons. The first-order valence-electron chi connectivity index (χ1n) is 9.05. The lowest BCUT2D eigenvalue weighted by molar-refractivity contribution is -0.127. The standard InChI is InChI=1S/C21H22N4OS/c1-23-11-13-24(14-12-23)20(26)10-9-17-16-25(18-6-3-2-4-7-18)22-21(17)19-8-5-15-27-19/h2-10,15-16H,11-14H2,1H3/b10-9+. The van der Waals surface area contributed by atoms with E-state index in [0.717, 1.165) is 48.0 Å². The molecule has 27 heavy (non-hydrogen) atoms. The molecule has 1 aliphatic heterocycles. The largest absolute Gasteiger partial charge is 0.337 e. The van der Waals surface area contributed by atoms with E-state index in [1.165, 1.54) is 0 Å². The molecular weight excluding hydrogens is 356 g/mol. The lowest BCUT2D eigenvalue weighted by Crippen LogP contribution is -2.46. The first kappa shape index (κ1) is 17.7. The molecule has 0 spiro atoms. The lowest BCUT2D eigenvalue weighted by Gasteiger charge is -2.31. The zero-order valence-corrected chi connectivity index (χ0v) is 16.1. The van der Waals surface area contributed by atoms with Gasteiger partial charge in [-0.1, -0.05) is 24.3 Å². The molecule has 3 aromatic rings. The highest BCUT2D eigenvalue weighted by Gasteiger charge is 2.17. The van der Waals surface area contributed by atoms with Gasteiger partial charge in [-0.15, -0.1) is 11.3 Å². The highest BCUT2D eigenvalue weighted by Crippen LogP contribution is 2.28. The third kappa shape index (κ3) is 4.02. The number of likely N-dealkylation sites (N-methyl/N-ethyl adjacent to an activating group) is 1. The van der Waals surface area contributed by atoms with Crippen LogP contribution in [0.1, 0.15) is 5.56 Å². The van der Waals surface area contributed by atoms with Crippen LogP contribution in [0.4, 0.5) is 0 Å². The molecule has 0 radical (unpaired) electrons. The van der Waals surface area contributed by atoms with Gasteiger partial charge >= 0.3 is 0 Å². The molecular formula is C21H22N4OS. The quantitative estimate of drug-likeness (QED) is 0.654. The summed E-state index contributed by atoms with van der Waals surface area (Å²) in [6.07, 6.45) is 5.55. The highest BCUT2D eigenvalue weighted by molar-refractivity contribution is 7.13. The summed E-state index contributed by atoms with van der Waals surface area (Å²) in [7, 11) is 2.09. The molecule has 1 aliphatic rings. The van der Waals surface area contributed by atoms with Gasteiger partial charge in [-0.2, -0.15) is 5.10 Å². The van der Waals surface area contributed by atoms with E-state index in [-0.39, 0.29) is 5.91 Å². The van der Waals surface area contributed by atoms with Crippen LogP contribution in [0.5, 0.6) is 0 Å². The second kappa shape index (κ2) is 7.90. The molecule has 0 aliphatic carbocycles. The van der Waals surface area contributed by atoms with E-state index in [9.17, 15) is 4.79 Å². The molecule has 1 fully saturated rings. The van der Waals surface area contributed by atoms with Crippen molar-refractivity contribution in [2.45, 2.75) is 0 Å². The van der Waals surface area contributed by atoms with Crippen LogP contribution in [0.3, 0.4) is 0 Å². The first-order valence-corrected chi connectivity index (χ1v) is 9.93. The number of para-hydroxylation sites is 1. The number of carbonyl (C=O) groups is 1. The Hall–Kier alpha value is -2.70. The molecule has 6 heteroatoms. The van der Waals surface area contributed by atoms with Crippen molar-refractivity contribution in [3.8, 4) is 16.3 Å². The summed E-state index contributed by atoms with van der Waals surface area (Å²) in [5.41, 5.74) is 2.85. The van der Waals surface area contributed by atoms with Gasteiger partial charge in [-0.05, 0) is 36.7 Å². The third-order valence-corrected chi connectivity index (χ3v) is 5.61. The SMILES string of the molecule is CN1CCN(C(=O)/C=C/c2cn(-c3ccccc3)nc2-c2cccs2)CC1. The molecule has 3 heterocycles. The average molecular weight is 379 g/mol. The van der Waals surface area contributed by atoms with Gasteiger partial charge in [0.15, 0.2) is 0 Å². The number of hydrogen-bond donors (Lipinski definition) is 0. The number of rotatable bonds is 4. The fourth-order valence-corrected chi connectivity index (χ4v) is 3.85. The zero-order chi connectivity index (χ0) is 18.6. The van der Waals surface area contributed by atoms with E-state index >= 15 is 0 Å². The Morgan fingerprint density at radius 3 is 2.56 bits per heavy atom. The van der Waals surface area contributed by atoms with E-state index < -0.39 is 0 Å². The number of hydrogen-bond acceptors (Lipinski definition) is 4. The molecule has 1 amide bonds. The fraction of sp³-hybridized carbons (Fsp3) is 0.238. The summed E-state index contributed by atoms with van der Waals surface area (Å²) in [6, 6.07) is 14.1. The maximum absolute atomic E-state index is 12.5. The molecule has 5 nitrogen and oxygen atoms in total. The number of piperazine rings is 1. The summed E-state index contributed by atoms with van der Waals surface area (Å²) in [5, 5.41) is 6.81. The third-order valence-electron chi connectivity index (χ3n) is 4.74. The molecule has 1 aromatic carbocycles. The van der Waals surface area contributed by atoms with Crippen LogP contribution in [0, 0.1) is 0 Å². The van der Waals surface area contributed by atoms with Crippen molar-refractivity contribution < 1.29 is 4.79 Å². The van der Waals surface area contributed by atoms with E-state index in [1.54, 1.807) is 17.4 Å². The van der Waals surface area contributed by atoms with Crippen LogP contribution < -0.4 is 0 Å². The van der Waals surface area contributed by atoms with Crippen molar-refractivity contribution in [1.29, 1.82) is 0 Å². The van der Waals surface area contributed by atoms with Gasteiger partial charge in [0, 0.05) is 44.0 Å². The smallest absolute Gasteiger partial charge is 0.246 e. The molecule has 4 rings (SSSR count). The van der Waals surface area contributed by atoms with Crippen LogP contribution in [-0.4, -0.2) is 58.7 Å². The second-order valence-electron chi connectivity index (χ2n) is 6.65. The van der Waals surface area contributed by atoms with Crippen molar-refractivity contribution in [3.63, 3.8) is 0 Å². The normalized spacial score (nSPS) is 15.5. The lowest BCUT2D eigenvalue weighted by atomic mass is 10.2. The number of carbonyl (C=O) groups excluding carboxylic acids is 1. The number of thiophene rings is 1. The van der Waals surface area contributed by atoms with Crippen LogP contribution in [0.25, 0.3) is 22.3 Å². The van der Waals surface area contributed by atoms with Gasteiger partial charge in [0.25, 0.3) is 0 Å². The van der Waals surface area contributed by atoms with E-state index in [1.807, 2.05) is 63.6 Å². The van der Waals surface area contributed by atoms with Crippen molar-refractivity contribution in [3.05, 3.63) is 65.7 Å². The fourth-order valence-electron chi connectivity index (χ4n) is 3.12. The maximum Gasteiger partial charge on any atom is 0.246 e. The Morgan fingerprint density at radius 2 is 1.85 bits per heavy atom. The van der Waals surface area contributed by atoms with Gasteiger partial charge in [0.1, 0.15) is 5.69 Å². The van der Waals surface area contributed by atoms with Crippen molar-refractivity contribution in [1.82, 2.24) is 19.6 Å². The van der Waals surface area contributed by atoms with Gasteiger partial charge in [-0.25, -0.2) is 4.68 Å². The topological polar surface area (TPSA) is 41.4 Å². The minimum absolute atomic E-state index is 0.0627. The van der Waals surface area contributed by atoms with Crippen LogP contribution in [-0.2, 0) is 4.79 Å². The predicted molar refractivity (Wildman–Crippen MR) is 110 cm³/mol. The summed E-state index contributed by atoms with van der Waals surface area (Å²) < 4.78 is 1.87. The molecule has 0 bridgehead atoms. The summed E-state index contributed by atoms with van der Waals surface area (Å²) in [4.78, 5) is 17.8. The summed E-state index contributed by atoms with van der Waals surface area (Å²) in [5.74, 6) is 0.0627. The maximum atomic E-state index is 12.5. The Bertz CT molecular complexity index is 923. The van der Waals surface area contributed by atoms with Crippen LogP contribution >= 0.6 is 11.3 Å². The van der Waals surface area contributed by atoms with E-state index in [2.05, 4.69) is 18.0 Å². The summed E-state index contributed by atoms with van der Waals surface area (Å²) in [6.45, 7) is 3.40. The second-order valence-corrected chi connectivity index (χ2v) is 7.60. The Balaban J connectivity index is 1.61. The number of nitrogens with zero attached hydrogens (tertiary/aromatic N) is 4. The number of benzene rings is 1. The van der Waals surface area contributed by atoms with Crippen LogP contribution in [0.15, 0.2) is 60.1 Å². The van der Waals surface area contributed by atoms with E-state index in [0.29, 0.717) is 0 Å². The summed E-state index contributed by atoms with van der Waals surface area (Å²) >= 11 is 1.65. The average Bonchev–Trinajstić information content (AvgIpc) is 3.37. The highest BCUT2D eigenvalue weighted by atomic mass is 32.1. The predicted octanol–water partition coefficient (Wildman–Crippen LogP) is 3.39. The Labute approximate surface area is 163 Å². The number of aromatic nitrogens is 2. The zero-order valence-electron chi connectivity index (χ0n) is 15.3. The van der Waals surface area contributed by atoms with Crippen molar-refractivity contribution in [2.24, 2.45) is 0 Å². The molecule has 0 unspecified atom stereocenters.